The molecule has 2 aromatic carbocycles. The maximum atomic E-state index is 6.59. The maximum Gasteiger partial charge on any atom is 0.123 e. The molecule has 6 atom stereocenters. The highest BCUT2D eigenvalue weighted by atomic mass is 16.5. The number of hydrogen-bond acceptors (Lipinski definition) is 2. The van der Waals surface area contributed by atoms with Crippen LogP contribution in [0, 0.1) is 25.7 Å². The molecule has 2 aliphatic rings. The summed E-state index contributed by atoms with van der Waals surface area (Å²) in [5.41, 5.74) is 11.6. The zero-order valence-corrected chi connectivity index (χ0v) is 31.2. The average molecular weight is 627 g/mol. The summed E-state index contributed by atoms with van der Waals surface area (Å²) >= 11 is 0. The summed E-state index contributed by atoms with van der Waals surface area (Å²) in [4.78, 5) is 0. The number of unbranched alkanes of at least 4 members (excludes halogenated alkanes) is 1. The third-order valence-corrected chi connectivity index (χ3v) is 11.0. The van der Waals surface area contributed by atoms with Gasteiger partial charge in [0.2, 0.25) is 0 Å². The Morgan fingerprint density at radius 3 is 1.41 bits per heavy atom. The lowest BCUT2D eigenvalue weighted by Crippen LogP contribution is -2.20. The van der Waals surface area contributed by atoms with E-state index in [0.717, 1.165) is 37.6 Å². The SMILES string of the molecule is CC(C)=CCC[C@H](C)C1CC[C@@H](C)c2c(OCCCCOc3cc(C)cc4c3[C@H](C)CCC4[C@@H](C)CCC=C(C)C)cc(C)cc21. The van der Waals surface area contributed by atoms with Crippen molar-refractivity contribution in [2.24, 2.45) is 11.8 Å². The van der Waals surface area contributed by atoms with Crippen LogP contribution in [0.15, 0.2) is 47.6 Å². The molecule has 0 bridgehead atoms. The summed E-state index contributed by atoms with van der Waals surface area (Å²) in [7, 11) is 0. The van der Waals surface area contributed by atoms with Crippen molar-refractivity contribution >= 4 is 0 Å². The van der Waals surface area contributed by atoms with Gasteiger partial charge in [0.25, 0.3) is 0 Å². The van der Waals surface area contributed by atoms with Gasteiger partial charge in [-0.2, -0.15) is 0 Å². The van der Waals surface area contributed by atoms with Crippen LogP contribution in [0.3, 0.4) is 0 Å². The topological polar surface area (TPSA) is 18.5 Å². The first-order valence-corrected chi connectivity index (χ1v) is 18.8. The average Bonchev–Trinajstić information content (AvgIpc) is 2.98. The Labute approximate surface area is 283 Å². The lowest BCUT2D eigenvalue weighted by atomic mass is 9.71. The normalized spacial score (nSPS) is 21.9. The van der Waals surface area contributed by atoms with Crippen LogP contribution in [-0.2, 0) is 0 Å². The van der Waals surface area contributed by atoms with Crippen LogP contribution < -0.4 is 9.47 Å². The van der Waals surface area contributed by atoms with Gasteiger partial charge in [0.1, 0.15) is 11.5 Å². The van der Waals surface area contributed by atoms with Crippen LogP contribution in [-0.4, -0.2) is 13.2 Å². The largest absolute Gasteiger partial charge is 0.493 e. The van der Waals surface area contributed by atoms with E-state index in [2.05, 4.69) is 106 Å². The lowest BCUT2D eigenvalue weighted by molar-refractivity contribution is 0.258. The maximum absolute atomic E-state index is 6.59. The van der Waals surface area contributed by atoms with Gasteiger partial charge in [0, 0.05) is 11.1 Å². The smallest absolute Gasteiger partial charge is 0.123 e. The second kappa shape index (κ2) is 17.1. The van der Waals surface area contributed by atoms with E-state index in [0.29, 0.717) is 35.5 Å². The van der Waals surface area contributed by atoms with E-state index in [1.807, 2.05) is 0 Å². The molecule has 0 amide bonds. The highest BCUT2D eigenvalue weighted by molar-refractivity contribution is 5.50. The number of fused-ring (bicyclic) bond motifs is 2. The van der Waals surface area contributed by atoms with Crippen molar-refractivity contribution in [2.75, 3.05) is 13.2 Å². The van der Waals surface area contributed by atoms with Gasteiger partial charge in [-0.15, -0.1) is 0 Å². The van der Waals surface area contributed by atoms with Crippen LogP contribution in [0.2, 0.25) is 0 Å². The first-order valence-electron chi connectivity index (χ1n) is 18.8. The molecule has 2 unspecified atom stereocenters. The quantitative estimate of drug-likeness (QED) is 0.145. The Kier molecular flexibility index (Phi) is 13.5. The minimum absolute atomic E-state index is 0.559. The van der Waals surface area contributed by atoms with Crippen LogP contribution >= 0.6 is 0 Å². The number of ether oxygens (including phenoxy) is 2. The van der Waals surface area contributed by atoms with Crippen LogP contribution in [0.25, 0.3) is 0 Å². The number of rotatable bonds is 15. The second-order valence-electron chi connectivity index (χ2n) is 15.8. The molecule has 46 heavy (non-hydrogen) atoms. The number of benzene rings is 2. The predicted octanol–water partition coefficient (Wildman–Crippen LogP) is 13.3. The molecule has 2 aromatic rings. The minimum Gasteiger partial charge on any atom is -0.493 e. The van der Waals surface area contributed by atoms with E-state index in [4.69, 9.17) is 9.47 Å². The van der Waals surface area contributed by atoms with Gasteiger partial charge in [-0.25, -0.2) is 0 Å². The zero-order chi connectivity index (χ0) is 33.4. The Hall–Kier alpha value is -2.48. The second-order valence-corrected chi connectivity index (χ2v) is 15.8. The molecule has 0 aromatic heterocycles. The fraction of sp³-hybridized carbons (Fsp3) is 0.636. The summed E-state index contributed by atoms with van der Waals surface area (Å²) in [6.45, 7) is 24.5. The van der Waals surface area contributed by atoms with Crippen molar-refractivity contribution in [2.45, 2.75) is 157 Å². The van der Waals surface area contributed by atoms with Crippen molar-refractivity contribution in [1.82, 2.24) is 0 Å². The van der Waals surface area contributed by atoms with Crippen LogP contribution in [0.4, 0.5) is 0 Å². The Morgan fingerprint density at radius 2 is 1.04 bits per heavy atom. The Bertz CT molecular complexity index is 1230. The van der Waals surface area contributed by atoms with Gasteiger partial charge < -0.3 is 9.47 Å². The standard InChI is InChI=1S/C44H66O2/c1-29(2)15-13-17-33(7)37-21-19-35(9)43-39(37)25-31(5)27-41(43)45-23-11-12-24-46-42-28-32(6)26-40-38(22-20-36(10)44(40)42)34(8)18-14-16-30(3)4/h15-16,25-28,33-38H,11-14,17-24H2,1-10H3/t33-,34-,35+,36+,37?,38?/m0/s1. The minimum atomic E-state index is 0.559. The first-order chi connectivity index (χ1) is 22.0. The monoisotopic (exact) mass is 627 g/mol. The summed E-state index contributed by atoms with van der Waals surface area (Å²) < 4.78 is 13.2. The van der Waals surface area contributed by atoms with Crippen LogP contribution in [0.1, 0.15) is 177 Å². The Balaban J connectivity index is 1.36. The van der Waals surface area contributed by atoms with E-state index in [1.165, 1.54) is 84.8 Å². The molecule has 0 aliphatic heterocycles. The number of allylic oxidation sites excluding steroid dienone is 4. The summed E-state index contributed by atoms with van der Waals surface area (Å²) in [5.74, 6) is 6.03. The summed E-state index contributed by atoms with van der Waals surface area (Å²) in [6, 6.07) is 9.51. The van der Waals surface area contributed by atoms with Crippen molar-refractivity contribution in [3.63, 3.8) is 0 Å². The van der Waals surface area contributed by atoms with Crippen molar-refractivity contribution in [3.8, 4) is 11.5 Å². The molecule has 2 nitrogen and oxygen atoms in total. The molecule has 0 heterocycles. The molecule has 0 radical (unpaired) electrons. The molecule has 0 fully saturated rings. The summed E-state index contributed by atoms with van der Waals surface area (Å²) in [5, 5.41) is 0. The molecule has 0 spiro atoms. The predicted molar refractivity (Wildman–Crippen MR) is 199 cm³/mol. The van der Waals surface area contributed by atoms with E-state index in [1.54, 1.807) is 11.1 Å². The molecule has 2 heteroatoms. The third kappa shape index (κ3) is 9.54. The molecule has 0 saturated heterocycles. The zero-order valence-electron chi connectivity index (χ0n) is 31.2. The van der Waals surface area contributed by atoms with Crippen molar-refractivity contribution < 1.29 is 9.47 Å². The van der Waals surface area contributed by atoms with Gasteiger partial charge in [0.05, 0.1) is 13.2 Å². The molecule has 2 aliphatic carbocycles. The Morgan fingerprint density at radius 1 is 0.652 bits per heavy atom. The first kappa shape index (κ1) is 36.4. The lowest BCUT2D eigenvalue weighted by Gasteiger charge is -2.35. The molecule has 4 rings (SSSR count). The van der Waals surface area contributed by atoms with Gasteiger partial charge >= 0.3 is 0 Å². The van der Waals surface area contributed by atoms with Crippen molar-refractivity contribution in [3.05, 3.63) is 80.9 Å². The van der Waals surface area contributed by atoms with E-state index < -0.39 is 0 Å². The van der Waals surface area contributed by atoms with Gasteiger partial charge in [-0.3, -0.25) is 0 Å². The summed E-state index contributed by atoms with van der Waals surface area (Å²) in [6.07, 6.45) is 16.8. The fourth-order valence-corrected chi connectivity index (χ4v) is 8.37. The van der Waals surface area contributed by atoms with E-state index in [-0.39, 0.29) is 0 Å². The highest BCUT2D eigenvalue weighted by Crippen LogP contribution is 2.49. The molecule has 254 valence electrons. The molecule has 0 N–H and O–H groups in total. The van der Waals surface area contributed by atoms with E-state index >= 15 is 0 Å². The molecule has 0 saturated carbocycles. The fourth-order valence-electron chi connectivity index (χ4n) is 8.37. The number of aryl methyl sites for hydroxylation is 2. The van der Waals surface area contributed by atoms with Gasteiger partial charge in [-0.05, 0) is 176 Å². The highest BCUT2D eigenvalue weighted by Gasteiger charge is 2.32. The van der Waals surface area contributed by atoms with E-state index in [9.17, 15) is 0 Å². The van der Waals surface area contributed by atoms with Crippen molar-refractivity contribution in [1.29, 1.82) is 0 Å². The molecular formula is C44H66O2. The number of hydrogen-bond donors (Lipinski definition) is 0. The van der Waals surface area contributed by atoms with Gasteiger partial charge in [0.15, 0.2) is 0 Å². The third-order valence-electron chi connectivity index (χ3n) is 11.0. The van der Waals surface area contributed by atoms with Crippen LogP contribution in [0.5, 0.6) is 11.5 Å². The molecular weight excluding hydrogens is 560 g/mol. The van der Waals surface area contributed by atoms with Gasteiger partial charge in [-0.1, -0.05) is 63.1 Å².